The van der Waals surface area contributed by atoms with E-state index in [1.54, 1.807) is 0 Å². The lowest BCUT2D eigenvalue weighted by Crippen LogP contribution is -2.42. The molecule has 0 bridgehead atoms. The normalized spacial score (nSPS) is 15.9. The second-order valence-electron chi connectivity index (χ2n) is 3.14. The van der Waals surface area contributed by atoms with Gasteiger partial charge < -0.3 is 25.5 Å². The van der Waals surface area contributed by atoms with Crippen molar-refractivity contribution >= 4 is 11.7 Å². The van der Waals surface area contributed by atoms with E-state index < -0.39 is 18.4 Å². The monoisotopic (exact) mass is 274 g/mol. The number of carboxylic acid groups (broad SMARTS) is 1. The summed E-state index contributed by atoms with van der Waals surface area (Å²) in [6.45, 7) is 1.36. The van der Waals surface area contributed by atoms with Crippen LogP contribution in [0.3, 0.4) is 0 Å². The van der Waals surface area contributed by atoms with Crippen LogP contribution in [-0.2, 0) is 9.63 Å². The lowest BCUT2D eigenvalue weighted by Gasteiger charge is -2.16. The van der Waals surface area contributed by atoms with Crippen LogP contribution in [0, 0.1) is 0 Å². The molecule has 1 heterocycles. The molecule has 1 rings (SSSR count). The summed E-state index contributed by atoms with van der Waals surface area (Å²) < 4.78 is 31.7. The number of carboxylic acids is 1. The Labute approximate surface area is 99.8 Å². The molecule has 0 aromatic rings. The second kappa shape index (κ2) is 7.84. The predicted octanol–water partition coefficient (Wildman–Crippen LogP) is -0.704. The molecule has 1 atom stereocenters. The first-order chi connectivity index (χ1) is 8.27. The van der Waals surface area contributed by atoms with Gasteiger partial charge in [-0.2, -0.15) is 13.2 Å². The average Bonchev–Trinajstić information content (AvgIpc) is 2.15. The lowest BCUT2D eigenvalue weighted by atomic mass is 10.2. The Hall–Kier alpha value is -1.39. The minimum Gasteiger partial charge on any atom is -0.475 e. The molecular weight excluding hydrogens is 261 g/mol. The van der Waals surface area contributed by atoms with Crippen LogP contribution in [0.15, 0.2) is 5.16 Å². The number of nitrogens with zero attached hydrogens (tertiary/aromatic N) is 1. The van der Waals surface area contributed by atoms with E-state index in [1.807, 2.05) is 0 Å². The number of carbonyl (C=O) groups is 1. The Bertz CT molecular complexity index is 289. The SMILES string of the molecule is O=C(O)C(F)(F)F.OCCC(O)ON=C1CNC1. The molecule has 4 N–H and O–H groups in total. The molecule has 0 saturated carbocycles. The van der Waals surface area contributed by atoms with E-state index in [0.29, 0.717) is 0 Å². The number of aliphatic hydroxyl groups excluding tert-OH is 2. The fraction of sp³-hybridized carbons (Fsp3) is 0.750. The first-order valence-electron chi connectivity index (χ1n) is 4.78. The van der Waals surface area contributed by atoms with Gasteiger partial charge in [-0.15, -0.1) is 0 Å². The third kappa shape index (κ3) is 7.81. The third-order valence-electron chi connectivity index (χ3n) is 1.58. The Balaban J connectivity index is 0.000000360. The molecule has 7 nitrogen and oxygen atoms in total. The van der Waals surface area contributed by atoms with E-state index in [4.69, 9.17) is 20.1 Å². The molecule has 1 aliphatic rings. The summed E-state index contributed by atoms with van der Waals surface area (Å²) in [5.41, 5.74) is 0.891. The van der Waals surface area contributed by atoms with Crippen molar-refractivity contribution in [3.05, 3.63) is 0 Å². The van der Waals surface area contributed by atoms with Gasteiger partial charge in [0.15, 0.2) is 0 Å². The van der Waals surface area contributed by atoms with Gasteiger partial charge in [0.25, 0.3) is 0 Å². The summed E-state index contributed by atoms with van der Waals surface area (Å²) >= 11 is 0. The van der Waals surface area contributed by atoms with E-state index in [1.165, 1.54) is 0 Å². The van der Waals surface area contributed by atoms with Crippen LogP contribution in [-0.4, -0.2) is 59.2 Å². The summed E-state index contributed by atoms with van der Waals surface area (Å²) in [5, 5.41) is 31.0. The number of hydrogen-bond donors (Lipinski definition) is 4. The zero-order valence-electron chi connectivity index (χ0n) is 9.15. The second-order valence-corrected chi connectivity index (χ2v) is 3.14. The number of oxime groups is 1. The third-order valence-corrected chi connectivity index (χ3v) is 1.58. The molecule has 1 unspecified atom stereocenters. The van der Waals surface area contributed by atoms with Crippen molar-refractivity contribution < 1.29 is 38.1 Å². The molecule has 0 aliphatic carbocycles. The highest BCUT2D eigenvalue weighted by atomic mass is 19.4. The van der Waals surface area contributed by atoms with Crippen molar-refractivity contribution in [1.29, 1.82) is 0 Å². The predicted molar refractivity (Wildman–Crippen MR) is 52.8 cm³/mol. The maximum absolute atomic E-state index is 10.6. The van der Waals surface area contributed by atoms with Crippen molar-refractivity contribution in [3.8, 4) is 0 Å². The lowest BCUT2D eigenvalue weighted by molar-refractivity contribution is -0.192. The summed E-state index contributed by atoms with van der Waals surface area (Å²) in [6.07, 6.45) is -5.86. The van der Waals surface area contributed by atoms with Crippen LogP contribution in [0.5, 0.6) is 0 Å². The van der Waals surface area contributed by atoms with Crippen LogP contribution in [0.25, 0.3) is 0 Å². The number of halogens is 3. The molecular formula is C8H13F3N2O5. The van der Waals surface area contributed by atoms with Crippen LogP contribution in [0.2, 0.25) is 0 Å². The summed E-state index contributed by atoms with van der Waals surface area (Å²) in [7, 11) is 0. The Kier molecular flexibility index (Phi) is 7.24. The van der Waals surface area contributed by atoms with Crippen LogP contribution in [0.4, 0.5) is 13.2 Å². The molecule has 1 saturated heterocycles. The maximum Gasteiger partial charge on any atom is 0.490 e. The first kappa shape index (κ1) is 16.6. The van der Waals surface area contributed by atoms with Gasteiger partial charge >= 0.3 is 12.1 Å². The highest BCUT2D eigenvalue weighted by Gasteiger charge is 2.38. The molecule has 0 aromatic carbocycles. The average molecular weight is 274 g/mol. The van der Waals surface area contributed by atoms with Crippen molar-refractivity contribution in [1.82, 2.24) is 5.32 Å². The van der Waals surface area contributed by atoms with Crippen LogP contribution < -0.4 is 5.32 Å². The van der Waals surface area contributed by atoms with E-state index in [9.17, 15) is 13.2 Å². The van der Waals surface area contributed by atoms with Gasteiger partial charge in [0.2, 0.25) is 6.29 Å². The zero-order chi connectivity index (χ0) is 14.2. The van der Waals surface area contributed by atoms with Crippen LogP contribution >= 0.6 is 0 Å². The minimum absolute atomic E-state index is 0.0930. The highest BCUT2D eigenvalue weighted by Crippen LogP contribution is 2.13. The Morgan fingerprint density at radius 2 is 2.00 bits per heavy atom. The fourth-order valence-corrected chi connectivity index (χ4v) is 0.600. The van der Waals surface area contributed by atoms with Crippen molar-refractivity contribution in [2.45, 2.75) is 18.9 Å². The molecule has 1 fully saturated rings. The van der Waals surface area contributed by atoms with Crippen molar-refractivity contribution in [2.24, 2.45) is 5.16 Å². The standard InChI is InChI=1S/C6H12N2O3.C2HF3O2/c9-2-1-6(10)11-8-5-3-7-4-5;3-2(4,5)1(6)7/h6-7,9-10H,1-4H2;(H,6,7). The Morgan fingerprint density at radius 3 is 2.28 bits per heavy atom. The van der Waals surface area contributed by atoms with E-state index in [0.717, 1.165) is 18.8 Å². The minimum atomic E-state index is -5.08. The number of alkyl halides is 3. The first-order valence-corrected chi connectivity index (χ1v) is 4.78. The summed E-state index contributed by atoms with van der Waals surface area (Å²) in [4.78, 5) is 13.5. The Morgan fingerprint density at radius 1 is 1.50 bits per heavy atom. The summed E-state index contributed by atoms with van der Waals surface area (Å²) in [6, 6.07) is 0. The van der Waals surface area contributed by atoms with Crippen molar-refractivity contribution in [3.63, 3.8) is 0 Å². The van der Waals surface area contributed by atoms with Gasteiger partial charge in [-0.25, -0.2) is 4.79 Å². The molecule has 18 heavy (non-hydrogen) atoms. The van der Waals surface area contributed by atoms with E-state index in [-0.39, 0.29) is 13.0 Å². The maximum atomic E-state index is 10.6. The fourth-order valence-electron chi connectivity index (χ4n) is 0.600. The topological polar surface area (TPSA) is 111 Å². The van der Waals surface area contributed by atoms with Gasteiger partial charge in [0, 0.05) is 26.1 Å². The quantitative estimate of drug-likeness (QED) is 0.398. The smallest absolute Gasteiger partial charge is 0.475 e. The largest absolute Gasteiger partial charge is 0.490 e. The van der Waals surface area contributed by atoms with Crippen LogP contribution in [0.1, 0.15) is 6.42 Å². The number of rotatable bonds is 4. The molecule has 106 valence electrons. The molecule has 0 spiro atoms. The molecule has 0 amide bonds. The van der Waals surface area contributed by atoms with E-state index >= 15 is 0 Å². The number of aliphatic carboxylic acids is 1. The number of aliphatic hydroxyl groups is 2. The molecule has 0 aromatic heterocycles. The molecule has 1 aliphatic heterocycles. The van der Waals surface area contributed by atoms with Gasteiger partial charge in [-0.05, 0) is 0 Å². The summed E-state index contributed by atoms with van der Waals surface area (Å²) in [5.74, 6) is -2.76. The number of nitrogens with one attached hydrogen (secondary N) is 1. The number of hydrogen-bond acceptors (Lipinski definition) is 6. The highest BCUT2D eigenvalue weighted by molar-refractivity contribution is 5.92. The van der Waals surface area contributed by atoms with Gasteiger partial charge in [-0.3, -0.25) is 0 Å². The van der Waals surface area contributed by atoms with Gasteiger partial charge in [0.05, 0.1) is 5.71 Å². The van der Waals surface area contributed by atoms with Gasteiger partial charge in [-0.1, -0.05) is 5.16 Å². The molecule has 10 heteroatoms. The van der Waals surface area contributed by atoms with E-state index in [2.05, 4.69) is 15.3 Å². The van der Waals surface area contributed by atoms with Crippen molar-refractivity contribution in [2.75, 3.05) is 19.7 Å². The molecule has 0 radical (unpaired) electrons. The zero-order valence-corrected chi connectivity index (χ0v) is 9.15. The van der Waals surface area contributed by atoms with Gasteiger partial charge in [0.1, 0.15) is 0 Å².